The lowest BCUT2D eigenvalue weighted by atomic mass is 9.97. The number of methoxy groups -OCH3 is 2. The first kappa shape index (κ1) is 22.6. The predicted octanol–water partition coefficient (Wildman–Crippen LogP) is 2.97. The van der Waals surface area contributed by atoms with Gasteiger partial charge in [0.15, 0.2) is 11.0 Å². The van der Waals surface area contributed by atoms with Gasteiger partial charge in [0.25, 0.3) is 0 Å². The summed E-state index contributed by atoms with van der Waals surface area (Å²) in [6, 6.07) is 0. The number of carbonyl (C=O) groups is 1. The molecule has 1 fully saturated rings. The van der Waals surface area contributed by atoms with Gasteiger partial charge in [0, 0.05) is 33.2 Å². The Balaban J connectivity index is 2.10. The quantitative estimate of drug-likeness (QED) is 0.373. The second-order valence-corrected chi connectivity index (χ2v) is 7.95. The van der Waals surface area contributed by atoms with Gasteiger partial charge in [-0.25, -0.2) is 9.97 Å². The Kier molecular flexibility index (Phi) is 9.47. The molecular formula is C18H27ClIN3O4. The van der Waals surface area contributed by atoms with Crippen LogP contribution >= 0.6 is 34.2 Å². The van der Waals surface area contributed by atoms with Crippen LogP contribution in [0.4, 0.5) is 5.82 Å². The Morgan fingerprint density at radius 3 is 2.44 bits per heavy atom. The fourth-order valence-corrected chi connectivity index (χ4v) is 4.22. The molecule has 0 radical (unpaired) electrons. The highest BCUT2D eigenvalue weighted by Crippen LogP contribution is 2.29. The minimum Gasteiger partial charge on any atom is -0.466 e. The van der Waals surface area contributed by atoms with Crippen LogP contribution in [0.2, 0.25) is 5.15 Å². The summed E-state index contributed by atoms with van der Waals surface area (Å²) in [5, 5.41) is 0.396. The fraction of sp³-hybridized carbons (Fsp3) is 0.722. The van der Waals surface area contributed by atoms with Crippen molar-refractivity contribution in [3.8, 4) is 0 Å². The summed E-state index contributed by atoms with van der Waals surface area (Å²) in [6.45, 7) is 4.84. The number of ether oxygens (including phenoxy) is 3. The second-order valence-electron chi connectivity index (χ2n) is 6.57. The van der Waals surface area contributed by atoms with E-state index in [0.29, 0.717) is 50.3 Å². The zero-order valence-corrected chi connectivity index (χ0v) is 19.0. The summed E-state index contributed by atoms with van der Waals surface area (Å²) in [7, 11) is 3.36. The first-order valence-corrected chi connectivity index (χ1v) is 10.6. The zero-order valence-electron chi connectivity index (χ0n) is 16.0. The molecule has 152 valence electrons. The van der Waals surface area contributed by atoms with Gasteiger partial charge in [-0.3, -0.25) is 4.79 Å². The van der Waals surface area contributed by atoms with Gasteiger partial charge in [-0.1, -0.05) is 11.6 Å². The number of esters is 1. The molecule has 1 aromatic heterocycles. The molecule has 7 nitrogen and oxygen atoms in total. The number of nitrogens with zero attached hydrogens (tertiary/aromatic N) is 3. The molecule has 0 N–H and O–H groups in total. The SMILES string of the molecule is CCOC(=O)C1CCN(c2nc(CC(COC)COC)c(I)nc2Cl)CC1. The van der Waals surface area contributed by atoms with E-state index in [1.807, 2.05) is 6.92 Å². The molecule has 2 rings (SSSR count). The van der Waals surface area contributed by atoms with Crippen LogP contribution in [0.5, 0.6) is 0 Å². The molecule has 0 aliphatic carbocycles. The highest BCUT2D eigenvalue weighted by molar-refractivity contribution is 14.1. The number of anilines is 1. The van der Waals surface area contributed by atoms with Crippen molar-refractivity contribution in [2.24, 2.45) is 11.8 Å². The van der Waals surface area contributed by atoms with Crippen LogP contribution in [0.3, 0.4) is 0 Å². The van der Waals surface area contributed by atoms with Gasteiger partial charge in [-0.2, -0.15) is 0 Å². The van der Waals surface area contributed by atoms with E-state index >= 15 is 0 Å². The molecule has 1 aliphatic heterocycles. The van der Waals surface area contributed by atoms with E-state index in [2.05, 4.69) is 32.5 Å². The summed E-state index contributed by atoms with van der Waals surface area (Å²) >= 11 is 8.55. The molecule has 27 heavy (non-hydrogen) atoms. The lowest BCUT2D eigenvalue weighted by molar-refractivity contribution is -0.148. The van der Waals surface area contributed by atoms with Crippen LogP contribution in [0.1, 0.15) is 25.5 Å². The normalized spacial score (nSPS) is 15.4. The third kappa shape index (κ3) is 6.40. The molecule has 0 bridgehead atoms. The van der Waals surface area contributed by atoms with Crippen molar-refractivity contribution in [2.45, 2.75) is 26.2 Å². The predicted molar refractivity (Wildman–Crippen MR) is 112 cm³/mol. The van der Waals surface area contributed by atoms with E-state index < -0.39 is 0 Å². The standard InChI is InChI=1S/C18H27ClIN3O4/c1-4-27-18(24)13-5-7-23(8-6-13)17-15(19)22-16(20)14(21-17)9-12(10-25-2)11-26-3/h12-13H,4-11H2,1-3H3. The Morgan fingerprint density at radius 2 is 1.89 bits per heavy atom. The largest absolute Gasteiger partial charge is 0.466 e. The average Bonchev–Trinajstić information content (AvgIpc) is 2.64. The molecule has 9 heteroatoms. The summed E-state index contributed by atoms with van der Waals surface area (Å²) in [5.41, 5.74) is 0.890. The molecule has 1 aromatic rings. The van der Waals surface area contributed by atoms with E-state index in [1.165, 1.54) is 0 Å². The van der Waals surface area contributed by atoms with E-state index in [9.17, 15) is 4.79 Å². The van der Waals surface area contributed by atoms with Crippen molar-refractivity contribution >= 4 is 46.0 Å². The van der Waals surface area contributed by atoms with E-state index in [-0.39, 0.29) is 17.8 Å². The number of piperidine rings is 1. The molecule has 0 unspecified atom stereocenters. The maximum absolute atomic E-state index is 11.9. The minimum atomic E-state index is -0.111. The number of aromatic nitrogens is 2. The molecule has 0 aromatic carbocycles. The number of hydrogen-bond acceptors (Lipinski definition) is 7. The summed E-state index contributed by atoms with van der Waals surface area (Å²) in [4.78, 5) is 23.3. The van der Waals surface area contributed by atoms with Gasteiger partial charge in [0.2, 0.25) is 0 Å². The second kappa shape index (κ2) is 11.3. The molecule has 0 saturated carbocycles. The summed E-state index contributed by atoms with van der Waals surface area (Å²) < 4.78 is 16.5. The summed E-state index contributed by atoms with van der Waals surface area (Å²) in [5.74, 6) is 0.720. The topological polar surface area (TPSA) is 73.8 Å². The fourth-order valence-electron chi connectivity index (χ4n) is 3.25. The first-order chi connectivity index (χ1) is 13.0. The van der Waals surface area contributed by atoms with Crippen LogP contribution in [-0.4, -0.2) is 63.1 Å². The highest BCUT2D eigenvalue weighted by Gasteiger charge is 2.28. The highest BCUT2D eigenvalue weighted by atomic mass is 127. The first-order valence-electron chi connectivity index (χ1n) is 9.11. The third-order valence-electron chi connectivity index (χ3n) is 4.56. The van der Waals surface area contributed by atoms with Crippen LogP contribution in [0.15, 0.2) is 0 Å². The maximum Gasteiger partial charge on any atom is 0.309 e. The molecule has 1 aliphatic rings. The molecule has 2 heterocycles. The van der Waals surface area contributed by atoms with Gasteiger partial charge < -0.3 is 19.1 Å². The monoisotopic (exact) mass is 511 g/mol. The van der Waals surface area contributed by atoms with E-state index in [0.717, 1.165) is 22.2 Å². The van der Waals surface area contributed by atoms with Crippen LogP contribution in [-0.2, 0) is 25.4 Å². The molecular weight excluding hydrogens is 485 g/mol. The maximum atomic E-state index is 11.9. The van der Waals surface area contributed by atoms with Gasteiger partial charge >= 0.3 is 5.97 Å². The van der Waals surface area contributed by atoms with Crippen molar-refractivity contribution in [1.29, 1.82) is 0 Å². The Morgan fingerprint density at radius 1 is 1.26 bits per heavy atom. The van der Waals surface area contributed by atoms with Crippen molar-refractivity contribution in [3.63, 3.8) is 0 Å². The van der Waals surface area contributed by atoms with E-state index in [4.69, 9.17) is 30.8 Å². The number of carbonyl (C=O) groups excluding carboxylic acids is 1. The van der Waals surface area contributed by atoms with E-state index in [1.54, 1.807) is 14.2 Å². The van der Waals surface area contributed by atoms with Gasteiger partial charge in [-0.15, -0.1) is 0 Å². The average molecular weight is 512 g/mol. The molecule has 0 spiro atoms. The minimum absolute atomic E-state index is 0.0518. The zero-order chi connectivity index (χ0) is 19.8. The number of hydrogen-bond donors (Lipinski definition) is 0. The number of rotatable bonds is 9. The van der Waals surface area contributed by atoms with Crippen LogP contribution < -0.4 is 4.90 Å². The Labute approximate surface area is 179 Å². The molecule has 1 saturated heterocycles. The Bertz CT molecular complexity index is 621. The lowest BCUT2D eigenvalue weighted by Gasteiger charge is -2.32. The smallest absolute Gasteiger partial charge is 0.309 e. The Hall–Kier alpha value is -0.710. The van der Waals surface area contributed by atoms with Gasteiger partial charge in [0.05, 0.1) is 31.4 Å². The third-order valence-corrected chi connectivity index (χ3v) is 5.68. The lowest BCUT2D eigenvalue weighted by Crippen LogP contribution is -2.38. The molecule has 0 amide bonds. The van der Waals surface area contributed by atoms with Crippen molar-refractivity contribution in [1.82, 2.24) is 9.97 Å². The summed E-state index contributed by atoms with van der Waals surface area (Å²) in [6.07, 6.45) is 2.17. The van der Waals surface area contributed by atoms with Crippen molar-refractivity contribution in [3.05, 3.63) is 14.5 Å². The van der Waals surface area contributed by atoms with Gasteiger partial charge in [-0.05, 0) is 48.8 Å². The number of halogens is 2. The molecule has 0 atom stereocenters. The van der Waals surface area contributed by atoms with Crippen LogP contribution in [0, 0.1) is 15.5 Å². The van der Waals surface area contributed by atoms with Crippen molar-refractivity contribution < 1.29 is 19.0 Å². The van der Waals surface area contributed by atoms with Crippen LogP contribution in [0.25, 0.3) is 0 Å². The van der Waals surface area contributed by atoms with Gasteiger partial charge in [0.1, 0.15) is 3.70 Å². The van der Waals surface area contributed by atoms with Crippen molar-refractivity contribution in [2.75, 3.05) is 52.0 Å².